The summed E-state index contributed by atoms with van der Waals surface area (Å²) in [6, 6.07) is 14.2. The molecule has 0 radical (unpaired) electrons. The van der Waals surface area contributed by atoms with Gasteiger partial charge in [-0.3, -0.25) is 4.79 Å². The van der Waals surface area contributed by atoms with Crippen molar-refractivity contribution < 1.29 is 0 Å². The largest absolute Gasteiger partial charge is 0.288 e. The fraction of sp³-hybridized carbons (Fsp3) is 0.278. The van der Waals surface area contributed by atoms with Crippen LogP contribution in [-0.2, 0) is 6.42 Å². The molecule has 0 amide bonds. The molecule has 1 heterocycles. The van der Waals surface area contributed by atoms with E-state index >= 15 is 0 Å². The average Bonchev–Trinajstić information content (AvgIpc) is 2.48. The Bertz CT molecular complexity index is 837. The summed E-state index contributed by atoms with van der Waals surface area (Å²) in [7, 11) is 0. The van der Waals surface area contributed by atoms with Gasteiger partial charge in [0.1, 0.15) is 0 Å². The summed E-state index contributed by atoms with van der Waals surface area (Å²) in [5.74, 6) is 0. The smallest absolute Gasteiger partial charge is 0.196 e. The van der Waals surface area contributed by atoms with Crippen molar-refractivity contribution in [3.05, 3.63) is 58.3 Å². The van der Waals surface area contributed by atoms with Gasteiger partial charge in [-0.05, 0) is 36.6 Å². The molecule has 0 aliphatic carbocycles. The molecule has 1 atom stereocenters. The van der Waals surface area contributed by atoms with E-state index in [1.54, 1.807) is 11.3 Å². The zero-order valence-electron chi connectivity index (χ0n) is 11.9. The molecule has 108 valence electrons. The zero-order valence-corrected chi connectivity index (χ0v) is 14.9. The summed E-state index contributed by atoms with van der Waals surface area (Å²) < 4.78 is 2.78. The Morgan fingerprint density at radius 1 is 1.10 bits per heavy atom. The highest BCUT2D eigenvalue weighted by Crippen LogP contribution is 2.28. The van der Waals surface area contributed by atoms with E-state index in [0.717, 1.165) is 26.6 Å². The third-order valence-electron chi connectivity index (χ3n) is 3.73. The first-order chi connectivity index (χ1) is 10.2. The predicted molar refractivity (Wildman–Crippen MR) is 102 cm³/mol. The summed E-state index contributed by atoms with van der Waals surface area (Å²) in [5.41, 5.74) is 1.39. The van der Waals surface area contributed by atoms with Crippen LogP contribution in [0.5, 0.6) is 0 Å². The summed E-state index contributed by atoms with van der Waals surface area (Å²) >= 11 is 4.23. The van der Waals surface area contributed by atoms with Gasteiger partial charge < -0.3 is 0 Å². The number of benzene rings is 2. The van der Waals surface area contributed by atoms with Gasteiger partial charge in [-0.25, -0.2) is 0 Å². The first-order valence-corrected chi connectivity index (χ1v) is 9.34. The van der Waals surface area contributed by atoms with E-state index in [0.29, 0.717) is 3.92 Å². The second-order valence-electron chi connectivity index (χ2n) is 5.31. The molecule has 21 heavy (non-hydrogen) atoms. The third-order valence-corrected chi connectivity index (χ3v) is 5.93. The number of halogens is 1. The second kappa shape index (κ2) is 6.44. The van der Waals surface area contributed by atoms with Gasteiger partial charge in [0.25, 0.3) is 0 Å². The molecule has 0 aliphatic heterocycles. The molecule has 1 aromatic heterocycles. The molecule has 0 saturated carbocycles. The minimum Gasteiger partial charge on any atom is -0.288 e. The Morgan fingerprint density at radius 3 is 2.67 bits per heavy atom. The lowest BCUT2D eigenvalue weighted by molar-refractivity contribution is 0.758. The first kappa shape index (κ1) is 15.0. The van der Waals surface area contributed by atoms with Gasteiger partial charge in [-0.2, -0.15) is 0 Å². The minimum absolute atomic E-state index is 0.190. The fourth-order valence-corrected chi connectivity index (χ4v) is 4.96. The highest BCUT2D eigenvalue weighted by atomic mass is 127. The standard InChI is InChI=1S/C18H17IOS/c1-2-6-13(19)11-12-7-5-10-16-17(12)18(20)14-8-3-4-9-15(14)21-16/h3-5,7-10,13H,2,6,11H2,1H3. The number of hydrogen-bond donors (Lipinski definition) is 0. The van der Waals surface area contributed by atoms with Crippen LogP contribution in [-0.4, -0.2) is 3.92 Å². The number of hydrogen-bond acceptors (Lipinski definition) is 2. The van der Waals surface area contributed by atoms with Crippen LogP contribution in [0.4, 0.5) is 0 Å². The van der Waals surface area contributed by atoms with Crippen LogP contribution < -0.4 is 5.43 Å². The van der Waals surface area contributed by atoms with E-state index in [4.69, 9.17) is 0 Å². The zero-order chi connectivity index (χ0) is 14.8. The molecular formula is C18H17IOS. The summed E-state index contributed by atoms with van der Waals surface area (Å²) in [5, 5.41) is 1.78. The van der Waals surface area contributed by atoms with Crippen molar-refractivity contribution in [1.29, 1.82) is 0 Å². The van der Waals surface area contributed by atoms with Crippen LogP contribution in [0.3, 0.4) is 0 Å². The molecule has 0 N–H and O–H groups in total. The van der Waals surface area contributed by atoms with Gasteiger partial charge in [-0.15, -0.1) is 11.3 Å². The molecule has 0 saturated heterocycles. The lowest BCUT2D eigenvalue weighted by atomic mass is 10.0. The second-order valence-corrected chi connectivity index (χ2v) is 8.15. The maximum absolute atomic E-state index is 12.9. The maximum Gasteiger partial charge on any atom is 0.196 e. The predicted octanol–water partition coefficient (Wildman–Crippen LogP) is 5.56. The molecule has 0 aliphatic rings. The van der Waals surface area contributed by atoms with E-state index in [2.05, 4.69) is 47.7 Å². The van der Waals surface area contributed by atoms with Crippen molar-refractivity contribution in [3.63, 3.8) is 0 Å². The van der Waals surface area contributed by atoms with Crippen LogP contribution in [0.15, 0.2) is 47.3 Å². The fourth-order valence-electron chi connectivity index (χ4n) is 2.74. The normalized spacial score (nSPS) is 12.9. The lowest BCUT2D eigenvalue weighted by Gasteiger charge is -2.11. The molecule has 1 unspecified atom stereocenters. The third kappa shape index (κ3) is 2.99. The molecule has 1 nitrogen and oxygen atoms in total. The molecule has 0 spiro atoms. The Morgan fingerprint density at radius 2 is 1.86 bits per heavy atom. The van der Waals surface area contributed by atoms with Gasteiger partial charge in [0, 0.05) is 24.1 Å². The minimum atomic E-state index is 0.190. The highest BCUT2D eigenvalue weighted by molar-refractivity contribution is 14.1. The summed E-state index contributed by atoms with van der Waals surface area (Å²) in [6.07, 6.45) is 3.36. The molecule has 2 aromatic carbocycles. The number of alkyl halides is 1. The average molecular weight is 408 g/mol. The molecule has 3 heteroatoms. The summed E-state index contributed by atoms with van der Waals surface area (Å²) in [6.45, 7) is 2.21. The van der Waals surface area contributed by atoms with Crippen LogP contribution in [0.1, 0.15) is 25.3 Å². The highest BCUT2D eigenvalue weighted by Gasteiger charge is 2.12. The maximum atomic E-state index is 12.9. The topological polar surface area (TPSA) is 17.1 Å². The molecule has 0 bridgehead atoms. The van der Waals surface area contributed by atoms with E-state index in [9.17, 15) is 4.79 Å². The number of fused-ring (bicyclic) bond motifs is 2. The van der Waals surface area contributed by atoms with Gasteiger partial charge in [-0.1, -0.05) is 60.2 Å². The van der Waals surface area contributed by atoms with Crippen molar-refractivity contribution in [1.82, 2.24) is 0 Å². The van der Waals surface area contributed by atoms with E-state index in [1.165, 1.54) is 18.4 Å². The Balaban J connectivity index is 2.22. The first-order valence-electron chi connectivity index (χ1n) is 7.28. The van der Waals surface area contributed by atoms with Gasteiger partial charge in [0.2, 0.25) is 0 Å². The van der Waals surface area contributed by atoms with E-state index in [1.807, 2.05) is 24.3 Å². The Kier molecular flexibility index (Phi) is 4.60. The molecule has 3 rings (SSSR count). The SMILES string of the molecule is CCCC(I)Cc1cccc2sc3ccccc3c(=O)c12. The lowest BCUT2D eigenvalue weighted by Crippen LogP contribution is -2.08. The van der Waals surface area contributed by atoms with Crippen molar-refractivity contribution in [2.45, 2.75) is 30.1 Å². The molecule has 0 fully saturated rings. The van der Waals surface area contributed by atoms with Gasteiger partial charge in [0.15, 0.2) is 5.43 Å². The van der Waals surface area contributed by atoms with Crippen molar-refractivity contribution >= 4 is 54.1 Å². The Labute approximate surface area is 142 Å². The Hall–Kier alpha value is -0.940. The summed E-state index contributed by atoms with van der Waals surface area (Å²) in [4.78, 5) is 12.9. The van der Waals surface area contributed by atoms with Crippen LogP contribution in [0, 0.1) is 0 Å². The van der Waals surface area contributed by atoms with Crippen LogP contribution in [0.2, 0.25) is 0 Å². The van der Waals surface area contributed by atoms with Crippen molar-refractivity contribution in [2.24, 2.45) is 0 Å². The van der Waals surface area contributed by atoms with Gasteiger partial charge in [0.05, 0.1) is 0 Å². The monoisotopic (exact) mass is 408 g/mol. The van der Waals surface area contributed by atoms with Crippen molar-refractivity contribution in [2.75, 3.05) is 0 Å². The van der Waals surface area contributed by atoms with E-state index in [-0.39, 0.29) is 5.43 Å². The molecule has 3 aromatic rings. The van der Waals surface area contributed by atoms with Crippen LogP contribution >= 0.6 is 33.9 Å². The quantitative estimate of drug-likeness (QED) is 0.314. The van der Waals surface area contributed by atoms with E-state index < -0.39 is 0 Å². The van der Waals surface area contributed by atoms with Gasteiger partial charge >= 0.3 is 0 Å². The number of rotatable bonds is 4. The molecular weight excluding hydrogens is 391 g/mol. The van der Waals surface area contributed by atoms with Crippen LogP contribution in [0.25, 0.3) is 20.2 Å². The van der Waals surface area contributed by atoms with Crippen molar-refractivity contribution in [3.8, 4) is 0 Å².